The lowest BCUT2D eigenvalue weighted by Crippen LogP contribution is -2.07. The van der Waals surface area contributed by atoms with E-state index in [2.05, 4.69) is 5.10 Å². The van der Waals surface area contributed by atoms with Crippen molar-refractivity contribution >= 4 is 0 Å². The number of aromatic amines is 1. The zero-order valence-corrected chi connectivity index (χ0v) is 8.43. The molecule has 0 aliphatic rings. The standard InChI is InChI=1S/C11H12N2O2/c1-15-8-9-7-13(12-11(9)14)10-5-3-2-4-6-10/h2-7H,8H2,1H3,(H,12,14). The van der Waals surface area contributed by atoms with E-state index in [9.17, 15) is 4.79 Å². The van der Waals surface area contributed by atoms with Crippen LogP contribution in [0.25, 0.3) is 5.69 Å². The normalized spacial score (nSPS) is 10.5. The Balaban J connectivity index is 2.39. The maximum Gasteiger partial charge on any atom is 0.269 e. The summed E-state index contributed by atoms with van der Waals surface area (Å²) in [5.74, 6) is 0. The van der Waals surface area contributed by atoms with Gasteiger partial charge >= 0.3 is 0 Å². The molecule has 0 fully saturated rings. The first-order chi connectivity index (χ1) is 7.31. The molecule has 2 rings (SSSR count). The molecule has 78 valence electrons. The third-order valence-electron chi connectivity index (χ3n) is 2.13. The monoisotopic (exact) mass is 204 g/mol. The number of aromatic nitrogens is 2. The Morgan fingerprint density at radius 1 is 1.33 bits per heavy atom. The number of hydrogen-bond donors (Lipinski definition) is 1. The van der Waals surface area contributed by atoms with Crippen molar-refractivity contribution in [3.63, 3.8) is 0 Å². The Kier molecular flexibility index (Phi) is 2.69. The number of hydrogen-bond acceptors (Lipinski definition) is 2. The van der Waals surface area contributed by atoms with Crippen LogP contribution in [-0.4, -0.2) is 16.9 Å². The van der Waals surface area contributed by atoms with Gasteiger partial charge in [-0.05, 0) is 12.1 Å². The van der Waals surface area contributed by atoms with Gasteiger partial charge in [-0.2, -0.15) is 0 Å². The minimum atomic E-state index is -0.110. The van der Waals surface area contributed by atoms with E-state index in [0.29, 0.717) is 12.2 Å². The maximum absolute atomic E-state index is 11.4. The van der Waals surface area contributed by atoms with Crippen molar-refractivity contribution in [3.8, 4) is 5.69 Å². The quantitative estimate of drug-likeness (QED) is 0.819. The molecule has 1 aromatic heterocycles. The predicted octanol–water partition coefficient (Wildman–Crippen LogP) is 1.31. The summed E-state index contributed by atoms with van der Waals surface area (Å²) in [5.41, 5.74) is 1.44. The van der Waals surface area contributed by atoms with E-state index in [4.69, 9.17) is 4.74 Å². The van der Waals surface area contributed by atoms with Crippen molar-refractivity contribution in [3.05, 3.63) is 52.4 Å². The molecule has 0 spiro atoms. The maximum atomic E-state index is 11.4. The van der Waals surface area contributed by atoms with Crippen LogP contribution in [0, 0.1) is 0 Å². The summed E-state index contributed by atoms with van der Waals surface area (Å²) in [7, 11) is 1.57. The molecule has 0 aliphatic heterocycles. The third-order valence-corrected chi connectivity index (χ3v) is 2.13. The van der Waals surface area contributed by atoms with Crippen molar-refractivity contribution in [1.29, 1.82) is 0 Å². The van der Waals surface area contributed by atoms with Crippen molar-refractivity contribution < 1.29 is 4.74 Å². The minimum Gasteiger partial charge on any atom is -0.380 e. The first kappa shape index (κ1) is 9.73. The molecule has 0 saturated heterocycles. The van der Waals surface area contributed by atoms with Crippen LogP contribution in [0.1, 0.15) is 5.56 Å². The molecule has 1 heterocycles. The van der Waals surface area contributed by atoms with Gasteiger partial charge in [-0.15, -0.1) is 0 Å². The first-order valence-corrected chi connectivity index (χ1v) is 4.66. The number of H-pyrrole nitrogens is 1. The fourth-order valence-corrected chi connectivity index (χ4v) is 1.41. The highest BCUT2D eigenvalue weighted by Gasteiger charge is 2.03. The lowest BCUT2D eigenvalue weighted by molar-refractivity contribution is 0.184. The molecule has 0 radical (unpaired) electrons. The van der Waals surface area contributed by atoms with Gasteiger partial charge < -0.3 is 4.74 Å². The lowest BCUT2D eigenvalue weighted by atomic mass is 10.3. The average Bonchev–Trinajstić information content (AvgIpc) is 2.63. The molecule has 0 unspecified atom stereocenters. The number of nitrogens with zero attached hydrogens (tertiary/aromatic N) is 1. The lowest BCUT2D eigenvalue weighted by Gasteiger charge is -1.99. The smallest absolute Gasteiger partial charge is 0.269 e. The van der Waals surface area contributed by atoms with Crippen LogP contribution in [0.4, 0.5) is 0 Å². The van der Waals surface area contributed by atoms with E-state index in [1.807, 2.05) is 30.3 Å². The van der Waals surface area contributed by atoms with Gasteiger partial charge in [0, 0.05) is 13.3 Å². The first-order valence-electron chi connectivity index (χ1n) is 4.66. The van der Waals surface area contributed by atoms with Gasteiger partial charge in [-0.3, -0.25) is 14.6 Å². The van der Waals surface area contributed by atoms with Crippen LogP contribution in [-0.2, 0) is 11.3 Å². The molecule has 1 aromatic carbocycles. The zero-order valence-electron chi connectivity index (χ0n) is 8.43. The summed E-state index contributed by atoms with van der Waals surface area (Å²) in [6, 6.07) is 9.62. The summed E-state index contributed by atoms with van der Waals surface area (Å²) < 4.78 is 6.62. The van der Waals surface area contributed by atoms with Crippen LogP contribution >= 0.6 is 0 Å². The van der Waals surface area contributed by atoms with Crippen molar-refractivity contribution in [2.75, 3.05) is 7.11 Å². The Hall–Kier alpha value is -1.81. The zero-order chi connectivity index (χ0) is 10.7. The average molecular weight is 204 g/mol. The molecule has 0 bridgehead atoms. The topological polar surface area (TPSA) is 47.0 Å². The van der Waals surface area contributed by atoms with Crippen molar-refractivity contribution in [2.24, 2.45) is 0 Å². The third kappa shape index (κ3) is 1.99. The molecule has 0 saturated carbocycles. The second-order valence-electron chi connectivity index (χ2n) is 3.23. The highest BCUT2D eigenvalue weighted by Crippen LogP contribution is 2.05. The van der Waals surface area contributed by atoms with Crippen molar-refractivity contribution in [2.45, 2.75) is 6.61 Å². The largest absolute Gasteiger partial charge is 0.380 e. The molecule has 0 amide bonds. The van der Waals surface area contributed by atoms with E-state index in [1.165, 1.54) is 0 Å². The second kappa shape index (κ2) is 4.14. The molecule has 4 heteroatoms. The summed E-state index contributed by atoms with van der Waals surface area (Å²) in [4.78, 5) is 11.4. The van der Waals surface area contributed by atoms with E-state index in [0.717, 1.165) is 5.69 Å². The number of para-hydroxylation sites is 1. The fraction of sp³-hybridized carbons (Fsp3) is 0.182. The highest BCUT2D eigenvalue weighted by molar-refractivity contribution is 5.30. The van der Waals surface area contributed by atoms with Gasteiger partial charge in [0.05, 0.1) is 17.9 Å². The van der Waals surface area contributed by atoms with Gasteiger partial charge in [0.25, 0.3) is 5.56 Å². The van der Waals surface area contributed by atoms with Gasteiger partial charge in [-0.25, -0.2) is 0 Å². The molecular weight excluding hydrogens is 192 g/mol. The molecular formula is C11H12N2O2. The van der Waals surface area contributed by atoms with E-state index >= 15 is 0 Å². The van der Waals surface area contributed by atoms with Crippen LogP contribution in [0.5, 0.6) is 0 Å². The fourth-order valence-electron chi connectivity index (χ4n) is 1.41. The van der Waals surface area contributed by atoms with Crippen LogP contribution < -0.4 is 5.56 Å². The SMILES string of the molecule is COCc1cn(-c2ccccc2)[nH]c1=O. The minimum absolute atomic E-state index is 0.110. The summed E-state index contributed by atoms with van der Waals surface area (Å²) >= 11 is 0. The van der Waals surface area contributed by atoms with E-state index < -0.39 is 0 Å². The van der Waals surface area contributed by atoms with Crippen LogP contribution in [0.2, 0.25) is 0 Å². The van der Waals surface area contributed by atoms with Crippen LogP contribution in [0.15, 0.2) is 41.3 Å². The Morgan fingerprint density at radius 2 is 2.07 bits per heavy atom. The van der Waals surface area contributed by atoms with E-state index in [-0.39, 0.29) is 5.56 Å². The van der Waals surface area contributed by atoms with Gasteiger partial charge in [0.15, 0.2) is 0 Å². The van der Waals surface area contributed by atoms with E-state index in [1.54, 1.807) is 18.0 Å². The van der Waals surface area contributed by atoms with Crippen LogP contribution in [0.3, 0.4) is 0 Å². The predicted molar refractivity (Wildman–Crippen MR) is 57.1 cm³/mol. The summed E-state index contributed by atoms with van der Waals surface area (Å²) in [6.45, 7) is 0.329. The summed E-state index contributed by atoms with van der Waals surface area (Å²) in [5, 5.41) is 2.73. The summed E-state index contributed by atoms with van der Waals surface area (Å²) in [6.07, 6.45) is 1.75. The Bertz CT molecular complexity index is 485. The molecule has 15 heavy (non-hydrogen) atoms. The molecule has 2 aromatic rings. The molecule has 1 N–H and O–H groups in total. The number of ether oxygens (including phenoxy) is 1. The van der Waals surface area contributed by atoms with Gasteiger partial charge in [0.1, 0.15) is 0 Å². The Labute approximate surface area is 87.1 Å². The highest BCUT2D eigenvalue weighted by atomic mass is 16.5. The van der Waals surface area contributed by atoms with Crippen molar-refractivity contribution in [1.82, 2.24) is 9.78 Å². The second-order valence-corrected chi connectivity index (χ2v) is 3.23. The number of rotatable bonds is 3. The number of methoxy groups -OCH3 is 1. The number of nitrogens with one attached hydrogen (secondary N) is 1. The molecule has 0 aliphatic carbocycles. The molecule has 4 nitrogen and oxygen atoms in total. The number of benzene rings is 1. The molecule has 0 atom stereocenters. The van der Waals surface area contributed by atoms with Gasteiger partial charge in [0.2, 0.25) is 0 Å². The Morgan fingerprint density at radius 3 is 2.73 bits per heavy atom. The van der Waals surface area contributed by atoms with Gasteiger partial charge in [-0.1, -0.05) is 18.2 Å².